The molecule has 4 rings (SSSR count). The Morgan fingerprint density at radius 1 is 1.10 bits per heavy atom. The molecule has 0 unspecified atom stereocenters. The smallest absolute Gasteiger partial charge is 0.136 e. The lowest BCUT2D eigenvalue weighted by molar-refractivity contribution is 0.247. The Kier molecular flexibility index (Phi) is 3.45. The highest BCUT2D eigenvalue weighted by Crippen LogP contribution is 2.39. The van der Waals surface area contributed by atoms with Gasteiger partial charge >= 0.3 is 0 Å². The van der Waals surface area contributed by atoms with Gasteiger partial charge in [-0.1, -0.05) is 0 Å². The fraction of sp³-hybridized carbons (Fsp3) is 0.750. The minimum Gasteiger partial charge on any atom is -0.373 e. The Labute approximate surface area is 126 Å². The minimum atomic E-state index is 0.605. The van der Waals surface area contributed by atoms with Crippen molar-refractivity contribution in [3.63, 3.8) is 0 Å². The van der Waals surface area contributed by atoms with E-state index in [4.69, 9.17) is 4.98 Å². The van der Waals surface area contributed by atoms with E-state index in [-0.39, 0.29) is 0 Å². The van der Waals surface area contributed by atoms with Gasteiger partial charge in [0.1, 0.15) is 17.5 Å². The SMILES string of the molecule is CNc1cc(N2CCN(CC3CC3)CC2)nc(C2CC2)n1. The molecule has 1 saturated heterocycles. The third-order valence-electron chi connectivity index (χ3n) is 4.84. The third-order valence-corrected chi connectivity index (χ3v) is 4.84. The van der Waals surface area contributed by atoms with E-state index in [1.54, 1.807) is 0 Å². The normalized spacial score (nSPS) is 23.4. The fourth-order valence-electron chi connectivity index (χ4n) is 3.09. The number of nitrogens with one attached hydrogen (secondary N) is 1. The van der Waals surface area contributed by atoms with Crippen LogP contribution in [0.5, 0.6) is 0 Å². The monoisotopic (exact) mass is 287 g/mol. The summed E-state index contributed by atoms with van der Waals surface area (Å²) in [4.78, 5) is 14.5. The number of anilines is 2. The molecule has 1 N–H and O–H groups in total. The Morgan fingerprint density at radius 3 is 2.48 bits per heavy atom. The van der Waals surface area contributed by atoms with Gasteiger partial charge in [-0.05, 0) is 31.6 Å². The van der Waals surface area contributed by atoms with Gasteiger partial charge in [0.2, 0.25) is 0 Å². The zero-order chi connectivity index (χ0) is 14.2. The van der Waals surface area contributed by atoms with Gasteiger partial charge in [0.15, 0.2) is 0 Å². The molecule has 0 atom stereocenters. The lowest BCUT2D eigenvalue weighted by Gasteiger charge is -2.35. The van der Waals surface area contributed by atoms with Crippen LogP contribution in [0.15, 0.2) is 6.07 Å². The average Bonchev–Trinajstić information content (AvgIpc) is 3.40. The summed E-state index contributed by atoms with van der Waals surface area (Å²) in [6.45, 7) is 5.85. The van der Waals surface area contributed by atoms with E-state index in [2.05, 4.69) is 26.2 Å². The number of nitrogens with zero attached hydrogens (tertiary/aromatic N) is 4. The van der Waals surface area contributed by atoms with Crippen LogP contribution in [0.1, 0.15) is 37.4 Å². The summed E-state index contributed by atoms with van der Waals surface area (Å²) in [6, 6.07) is 2.10. The zero-order valence-electron chi connectivity index (χ0n) is 12.9. The van der Waals surface area contributed by atoms with Gasteiger partial charge in [-0.25, -0.2) is 9.97 Å². The maximum Gasteiger partial charge on any atom is 0.136 e. The molecule has 3 aliphatic rings. The van der Waals surface area contributed by atoms with Gasteiger partial charge in [-0.15, -0.1) is 0 Å². The van der Waals surface area contributed by atoms with Crippen molar-refractivity contribution in [1.82, 2.24) is 14.9 Å². The second-order valence-electron chi connectivity index (χ2n) is 6.72. The van der Waals surface area contributed by atoms with Crippen LogP contribution >= 0.6 is 0 Å². The van der Waals surface area contributed by atoms with Crippen LogP contribution < -0.4 is 10.2 Å². The highest BCUT2D eigenvalue weighted by Gasteiger charge is 2.29. The van der Waals surface area contributed by atoms with Crippen molar-refractivity contribution >= 4 is 11.6 Å². The molecular formula is C16H25N5. The summed E-state index contributed by atoms with van der Waals surface area (Å²) in [7, 11) is 1.94. The highest BCUT2D eigenvalue weighted by atomic mass is 15.3. The molecule has 21 heavy (non-hydrogen) atoms. The van der Waals surface area contributed by atoms with Crippen LogP contribution in [0, 0.1) is 5.92 Å². The largest absolute Gasteiger partial charge is 0.373 e. The third kappa shape index (κ3) is 3.12. The summed E-state index contributed by atoms with van der Waals surface area (Å²) in [5.74, 6) is 4.71. The lowest BCUT2D eigenvalue weighted by Crippen LogP contribution is -2.47. The predicted octanol–water partition coefficient (Wildman–Crippen LogP) is 1.93. The zero-order valence-corrected chi connectivity index (χ0v) is 12.9. The molecule has 2 saturated carbocycles. The number of hydrogen-bond donors (Lipinski definition) is 1. The number of piperazine rings is 1. The van der Waals surface area contributed by atoms with Gasteiger partial charge in [-0.2, -0.15) is 0 Å². The van der Waals surface area contributed by atoms with E-state index < -0.39 is 0 Å². The molecule has 5 heteroatoms. The second kappa shape index (κ2) is 5.44. The van der Waals surface area contributed by atoms with Crippen LogP contribution in [-0.2, 0) is 0 Å². The predicted molar refractivity (Wildman–Crippen MR) is 84.9 cm³/mol. The topological polar surface area (TPSA) is 44.3 Å². The van der Waals surface area contributed by atoms with Crippen LogP contribution in [-0.4, -0.2) is 54.6 Å². The van der Waals surface area contributed by atoms with Gasteiger partial charge < -0.3 is 10.2 Å². The van der Waals surface area contributed by atoms with Gasteiger partial charge in [0.25, 0.3) is 0 Å². The second-order valence-corrected chi connectivity index (χ2v) is 6.72. The average molecular weight is 287 g/mol. The first-order chi connectivity index (χ1) is 10.3. The molecule has 0 spiro atoms. The molecule has 1 aromatic rings. The van der Waals surface area contributed by atoms with E-state index in [0.29, 0.717) is 5.92 Å². The van der Waals surface area contributed by atoms with Gasteiger partial charge in [0.05, 0.1) is 0 Å². The maximum atomic E-state index is 4.82. The maximum absolute atomic E-state index is 4.82. The molecule has 0 aromatic carbocycles. The van der Waals surface area contributed by atoms with Gasteiger partial charge in [-0.3, -0.25) is 4.90 Å². The Hall–Kier alpha value is -1.36. The molecule has 1 aromatic heterocycles. The fourth-order valence-corrected chi connectivity index (χ4v) is 3.09. The molecule has 5 nitrogen and oxygen atoms in total. The molecular weight excluding hydrogens is 262 g/mol. The first-order valence-corrected chi connectivity index (χ1v) is 8.36. The summed E-state index contributed by atoms with van der Waals surface area (Å²) in [5.41, 5.74) is 0. The number of rotatable bonds is 5. The van der Waals surface area contributed by atoms with Crippen LogP contribution in [0.3, 0.4) is 0 Å². The van der Waals surface area contributed by atoms with Gasteiger partial charge in [0, 0.05) is 51.8 Å². The molecule has 2 heterocycles. The van der Waals surface area contributed by atoms with Crippen molar-refractivity contribution in [2.75, 3.05) is 50.0 Å². The summed E-state index contributed by atoms with van der Waals surface area (Å²) in [5, 5.41) is 3.18. The summed E-state index contributed by atoms with van der Waals surface area (Å²) < 4.78 is 0. The van der Waals surface area contributed by atoms with Crippen LogP contribution in [0.4, 0.5) is 11.6 Å². The van der Waals surface area contributed by atoms with Crippen molar-refractivity contribution in [2.45, 2.75) is 31.6 Å². The molecule has 3 fully saturated rings. The molecule has 0 radical (unpaired) electrons. The molecule has 1 aliphatic heterocycles. The molecule has 0 bridgehead atoms. The standard InChI is InChI=1S/C16H25N5/c1-17-14-10-15(19-16(18-14)13-4-5-13)21-8-6-20(7-9-21)11-12-2-3-12/h10,12-13H,2-9,11H2,1H3,(H,17,18,19). The van der Waals surface area contributed by atoms with Crippen molar-refractivity contribution in [3.8, 4) is 0 Å². The first-order valence-electron chi connectivity index (χ1n) is 8.36. The summed E-state index contributed by atoms with van der Waals surface area (Å²) >= 11 is 0. The molecule has 2 aliphatic carbocycles. The van der Waals surface area contributed by atoms with Crippen molar-refractivity contribution in [2.24, 2.45) is 5.92 Å². The lowest BCUT2D eigenvalue weighted by atomic mass is 10.2. The number of hydrogen-bond acceptors (Lipinski definition) is 5. The van der Waals surface area contributed by atoms with Crippen LogP contribution in [0.25, 0.3) is 0 Å². The first kappa shape index (κ1) is 13.3. The van der Waals surface area contributed by atoms with Crippen molar-refractivity contribution < 1.29 is 0 Å². The Balaban J connectivity index is 1.44. The highest BCUT2D eigenvalue weighted by molar-refractivity contribution is 5.50. The number of aromatic nitrogens is 2. The quantitative estimate of drug-likeness (QED) is 0.896. The van der Waals surface area contributed by atoms with Crippen molar-refractivity contribution in [1.29, 1.82) is 0 Å². The van der Waals surface area contributed by atoms with Crippen molar-refractivity contribution in [3.05, 3.63) is 11.9 Å². The van der Waals surface area contributed by atoms with E-state index in [9.17, 15) is 0 Å². The molecule has 0 amide bonds. The van der Waals surface area contributed by atoms with E-state index in [1.165, 1.54) is 45.3 Å². The molecule has 114 valence electrons. The van der Waals surface area contributed by atoms with E-state index >= 15 is 0 Å². The summed E-state index contributed by atoms with van der Waals surface area (Å²) in [6.07, 6.45) is 5.40. The van der Waals surface area contributed by atoms with E-state index in [1.807, 2.05) is 7.05 Å². The van der Waals surface area contributed by atoms with E-state index in [0.717, 1.165) is 36.5 Å². The Morgan fingerprint density at radius 2 is 1.86 bits per heavy atom. The minimum absolute atomic E-state index is 0.605. The Bertz CT molecular complexity index is 501. The van der Waals surface area contributed by atoms with Crippen LogP contribution in [0.2, 0.25) is 0 Å².